The monoisotopic (exact) mass is 218 g/mol. The highest BCUT2D eigenvalue weighted by atomic mass is 19.1. The third kappa shape index (κ3) is 1.43. The van der Waals surface area contributed by atoms with Crippen LogP contribution >= 0.6 is 0 Å². The summed E-state index contributed by atoms with van der Waals surface area (Å²) in [5.74, 6) is -0.150. The van der Waals surface area contributed by atoms with Gasteiger partial charge in [0.25, 0.3) is 0 Å². The topological polar surface area (TPSA) is 19.0 Å². The van der Waals surface area contributed by atoms with Crippen molar-refractivity contribution in [1.29, 1.82) is 0 Å². The number of halogens is 1. The minimum Gasteiger partial charge on any atom is -0.358 e. The van der Waals surface area contributed by atoms with Crippen LogP contribution in [0.5, 0.6) is 0 Å². The molecule has 3 rings (SSSR count). The Morgan fingerprint density at radius 1 is 1.44 bits per heavy atom. The number of rotatable bonds is 1. The molecule has 0 unspecified atom stereocenters. The molecule has 16 heavy (non-hydrogen) atoms. The van der Waals surface area contributed by atoms with Crippen LogP contribution in [0.4, 0.5) is 4.39 Å². The fraction of sp³-hybridized carbons (Fsp3) is 0.385. The van der Waals surface area contributed by atoms with Crippen molar-refractivity contribution in [1.82, 2.24) is 9.88 Å². The SMILES string of the molecule is CCN1CCc2[nH]c3ccc(F)cc3c2C1. The maximum absolute atomic E-state index is 13.2. The average Bonchev–Trinajstić information content (AvgIpc) is 2.66. The van der Waals surface area contributed by atoms with Gasteiger partial charge in [-0.2, -0.15) is 0 Å². The first-order valence-electron chi connectivity index (χ1n) is 5.79. The summed E-state index contributed by atoms with van der Waals surface area (Å²) < 4.78 is 13.2. The Balaban J connectivity index is 2.15. The number of aromatic nitrogens is 1. The van der Waals surface area contributed by atoms with Crippen LogP contribution in [0, 0.1) is 5.82 Å². The summed E-state index contributed by atoms with van der Waals surface area (Å²) in [5.41, 5.74) is 3.62. The lowest BCUT2D eigenvalue weighted by Gasteiger charge is -2.25. The highest BCUT2D eigenvalue weighted by molar-refractivity contribution is 5.84. The van der Waals surface area contributed by atoms with E-state index in [9.17, 15) is 4.39 Å². The van der Waals surface area contributed by atoms with E-state index in [1.54, 1.807) is 6.07 Å². The summed E-state index contributed by atoms with van der Waals surface area (Å²) in [6.07, 6.45) is 1.04. The molecule has 1 aromatic carbocycles. The van der Waals surface area contributed by atoms with Crippen LogP contribution in [0.25, 0.3) is 10.9 Å². The van der Waals surface area contributed by atoms with E-state index < -0.39 is 0 Å². The molecule has 0 fully saturated rings. The summed E-state index contributed by atoms with van der Waals surface area (Å²) in [6.45, 7) is 5.26. The molecule has 84 valence electrons. The fourth-order valence-corrected chi connectivity index (χ4v) is 2.51. The van der Waals surface area contributed by atoms with Gasteiger partial charge in [-0.05, 0) is 30.3 Å². The summed E-state index contributed by atoms with van der Waals surface area (Å²) in [4.78, 5) is 5.78. The molecule has 2 aromatic rings. The molecular formula is C13H15FN2. The molecule has 3 heteroatoms. The van der Waals surface area contributed by atoms with Gasteiger partial charge in [0.2, 0.25) is 0 Å². The Kier molecular flexibility index (Phi) is 2.21. The van der Waals surface area contributed by atoms with Gasteiger partial charge in [0.1, 0.15) is 5.82 Å². The molecule has 1 aliphatic heterocycles. The first-order chi connectivity index (χ1) is 7.78. The van der Waals surface area contributed by atoms with Crippen LogP contribution in [0.2, 0.25) is 0 Å². The predicted molar refractivity (Wildman–Crippen MR) is 62.9 cm³/mol. The molecule has 0 spiro atoms. The van der Waals surface area contributed by atoms with Crippen LogP contribution in [0.1, 0.15) is 18.2 Å². The molecule has 0 amide bonds. The average molecular weight is 218 g/mol. The molecule has 0 bridgehead atoms. The summed E-state index contributed by atoms with van der Waals surface area (Å²) in [5, 5.41) is 1.05. The van der Waals surface area contributed by atoms with Crippen molar-refractivity contribution in [3.8, 4) is 0 Å². The van der Waals surface area contributed by atoms with Crippen molar-refractivity contribution in [3.05, 3.63) is 35.3 Å². The van der Waals surface area contributed by atoms with E-state index in [-0.39, 0.29) is 5.82 Å². The van der Waals surface area contributed by atoms with Crippen molar-refractivity contribution < 1.29 is 4.39 Å². The maximum Gasteiger partial charge on any atom is 0.123 e. The molecule has 1 aromatic heterocycles. The second-order valence-corrected chi connectivity index (χ2v) is 4.39. The number of nitrogens with one attached hydrogen (secondary N) is 1. The Morgan fingerprint density at radius 2 is 2.31 bits per heavy atom. The molecule has 0 saturated heterocycles. The Hall–Kier alpha value is -1.35. The standard InChI is InChI=1S/C13H15FN2/c1-2-16-6-5-13-11(8-16)10-7-9(14)3-4-12(10)15-13/h3-4,7,15H,2,5-6,8H2,1H3. The minimum atomic E-state index is -0.150. The van der Waals surface area contributed by atoms with Gasteiger partial charge in [-0.3, -0.25) is 4.90 Å². The smallest absolute Gasteiger partial charge is 0.123 e. The van der Waals surface area contributed by atoms with Gasteiger partial charge in [0.15, 0.2) is 0 Å². The highest BCUT2D eigenvalue weighted by Gasteiger charge is 2.19. The van der Waals surface area contributed by atoms with Crippen LogP contribution in [0.15, 0.2) is 18.2 Å². The zero-order chi connectivity index (χ0) is 11.1. The summed E-state index contributed by atoms with van der Waals surface area (Å²) in [7, 11) is 0. The van der Waals surface area contributed by atoms with Gasteiger partial charge in [-0.15, -0.1) is 0 Å². The molecule has 0 atom stereocenters. The predicted octanol–water partition coefficient (Wildman–Crippen LogP) is 2.69. The van der Waals surface area contributed by atoms with Gasteiger partial charge in [-0.25, -0.2) is 4.39 Å². The lowest BCUT2D eigenvalue weighted by molar-refractivity contribution is 0.268. The number of hydrogen-bond donors (Lipinski definition) is 1. The number of benzene rings is 1. The first-order valence-corrected chi connectivity index (χ1v) is 5.79. The van der Waals surface area contributed by atoms with E-state index in [1.807, 2.05) is 6.07 Å². The van der Waals surface area contributed by atoms with E-state index in [1.165, 1.54) is 17.3 Å². The van der Waals surface area contributed by atoms with Crippen molar-refractivity contribution in [3.63, 3.8) is 0 Å². The number of likely N-dealkylation sites (N-methyl/N-ethyl adjacent to an activating group) is 1. The van der Waals surface area contributed by atoms with E-state index in [0.29, 0.717) is 0 Å². The molecule has 0 aliphatic carbocycles. The van der Waals surface area contributed by atoms with Crippen molar-refractivity contribution in [2.24, 2.45) is 0 Å². The van der Waals surface area contributed by atoms with E-state index >= 15 is 0 Å². The van der Waals surface area contributed by atoms with Gasteiger partial charge in [0.05, 0.1) is 0 Å². The third-order valence-corrected chi connectivity index (χ3v) is 3.46. The van der Waals surface area contributed by atoms with Crippen LogP contribution in [-0.2, 0) is 13.0 Å². The zero-order valence-corrected chi connectivity index (χ0v) is 9.39. The Labute approximate surface area is 94.1 Å². The maximum atomic E-state index is 13.2. The number of nitrogens with zero attached hydrogens (tertiary/aromatic N) is 1. The van der Waals surface area contributed by atoms with Crippen molar-refractivity contribution in [2.45, 2.75) is 19.9 Å². The van der Waals surface area contributed by atoms with Crippen molar-refractivity contribution in [2.75, 3.05) is 13.1 Å². The summed E-state index contributed by atoms with van der Waals surface area (Å²) in [6, 6.07) is 4.99. The van der Waals surface area contributed by atoms with Gasteiger partial charge in [-0.1, -0.05) is 6.92 Å². The number of aromatic amines is 1. The van der Waals surface area contributed by atoms with E-state index in [4.69, 9.17) is 0 Å². The minimum absolute atomic E-state index is 0.150. The number of fused-ring (bicyclic) bond motifs is 3. The summed E-state index contributed by atoms with van der Waals surface area (Å²) >= 11 is 0. The second kappa shape index (κ2) is 3.59. The fourth-order valence-electron chi connectivity index (χ4n) is 2.51. The lowest BCUT2D eigenvalue weighted by Crippen LogP contribution is -2.29. The number of H-pyrrole nitrogens is 1. The van der Waals surface area contributed by atoms with Gasteiger partial charge in [0, 0.05) is 36.1 Å². The largest absolute Gasteiger partial charge is 0.358 e. The molecule has 0 saturated carbocycles. The van der Waals surface area contributed by atoms with Gasteiger partial charge < -0.3 is 4.98 Å². The van der Waals surface area contributed by atoms with Crippen LogP contribution in [0.3, 0.4) is 0 Å². The van der Waals surface area contributed by atoms with E-state index in [0.717, 1.165) is 37.0 Å². The molecule has 1 N–H and O–H groups in total. The molecule has 2 heterocycles. The van der Waals surface area contributed by atoms with Crippen molar-refractivity contribution >= 4 is 10.9 Å². The second-order valence-electron chi connectivity index (χ2n) is 4.39. The molecule has 1 aliphatic rings. The molecule has 0 radical (unpaired) electrons. The van der Waals surface area contributed by atoms with Gasteiger partial charge >= 0.3 is 0 Å². The zero-order valence-electron chi connectivity index (χ0n) is 9.39. The Bertz CT molecular complexity index is 530. The van der Waals surface area contributed by atoms with Crippen LogP contribution < -0.4 is 0 Å². The normalized spacial score (nSPS) is 16.6. The molecule has 2 nitrogen and oxygen atoms in total. The first kappa shape index (κ1) is 9.85. The lowest BCUT2D eigenvalue weighted by atomic mass is 10.0. The highest BCUT2D eigenvalue weighted by Crippen LogP contribution is 2.27. The number of hydrogen-bond acceptors (Lipinski definition) is 1. The molecular weight excluding hydrogens is 203 g/mol. The quantitative estimate of drug-likeness (QED) is 0.779. The van der Waals surface area contributed by atoms with E-state index in [2.05, 4.69) is 16.8 Å². The Morgan fingerprint density at radius 3 is 3.12 bits per heavy atom. The third-order valence-electron chi connectivity index (χ3n) is 3.46. The van der Waals surface area contributed by atoms with Crippen LogP contribution in [-0.4, -0.2) is 23.0 Å².